The van der Waals surface area contributed by atoms with Crippen LogP contribution in [0.25, 0.3) is 0 Å². The lowest BCUT2D eigenvalue weighted by Gasteiger charge is -2.32. The van der Waals surface area contributed by atoms with Gasteiger partial charge in [0.1, 0.15) is 11.8 Å². The van der Waals surface area contributed by atoms with E-state index in [1.165, 1.54) is 19.2 Å². The van der Waals surface area contributed by atoms with Crippen LogP contribution in [-0.4, -0.2) is 40.8 Å². The van der Waals surface area contributed by atoms with Gasteiger partial charge in [-0.05, 0) is 44.4 Å². The first-order valence-corrected chi connectivity index (χ1v) is 11.3. The predicted molar refractivity (Wildman–Crippen MR) is 117 cm³/mol. The zero-order chi connectivity index (χ0) is 26.4. The van der Waals surface area contributed by atoms with Crippen LogP contribution >= 0.6 is 0 Å². The van der Waals surface area contributed by atoms with Gasteiger partial charge in [-0.25, -0.2) is 4.39 Å². The van der Waals surface area contributed by atoms with Crippen LogP contribution in [-0.2, 0) is 9.53 Å². The number of alkyl halides is 3. The van der Waals surface area contributed by atoms with E-state index in [4.69, 9.17) is 15.2 Å². The van der Waals surface area contributed by atoms with Crippen LogP contribution in [0, 0.1) is 17.6 Å². The molecule has 12 heteroatoms. The van der Waals surface area contributed by atoms with Gasteiger partial charge in [0.05, 0.1) is 6.10 Å². The predicted octanol–water partition coefficient (Wildman–Crippen LogP) is 4.47. The molecule has 7 nitrogen and oxygen atoms in total. The Morgan fingerprint density at radius 3 is 2.50 bits per heavy atom. The molecule has 0 bridgehead atoms. The molecule has 2 heterocycles. The number of nitrogens with two attached hydrogens (primary N) is 1. The highest BCUT2D eigenvalue weighted by Gasteiger charge is 2.66. The zero-order valence-corrected chi connectivity index (χ0v) is 19.4. The average molecular weight is 513 g/mol. The number of carbonyl (C=O) groups is 2. The monoisotopic (exact) mass is 513 g/mol. The summed E-state index contributed by atoms with van der Waals surface area (Å²) in [5.41, 5.74) is 2.16. The number of nitrogens with zero attached hydrogens (tertiary/aromatic N) is 1. The van der Waals surface area contributed by atoms with Crippen molar-refractivity contribution in [3.63, 3.8) is 0 Å². The smallest absolute Gasteiger partial charge is 0.417 e. The summed E-state index contributed by atoms with van der Waals surface area (Å²) in [5.74, 6) is -7.69. The van der Waals surface area contributed by atoms with E-state index in [-0.39, 0.29) is 16.9 Å². The van der Waals surface area contributed by atoms with Crippen LogP contribution < -0.4 is 15.8 Å². The Labute approximate surface area is 203 Å². The topological polar surface area (TPSA) is 104 Å². The minimum atomic E-state index is -4.89. The number of rotatable bonds is 6. The van der Waals surface area contributed by atoms with Gasteiger partial charge >= 0.3 is 6.18 Å². The largest absolute Gasteiger partial charge is 0.487 e. The van der Waals surface area contributed by atoms with E-state index in [0.29, 0.717) is 12.8 Å². The molecule has 1 aromatic carbocycles. The van der Waals surface area contributed by atoms with E-state index in [0.717, 1.165) is 31.5 Å². The molecule has 36 heavy (non-hydrogen) atoms. The lowest BCUT2D eigenvalue weighted by atomic mass is 9.76. The Kier molecular flexibility index (Phi) is 6.67. The summed E-state index contributed by atoms with van der Waals surface area (Å²) in [6.45, 7) is 2.04. The number of amides is 2. The van der Waals surface area contributed by atoms with Gasteiger partial charge in [-0.3, -0.25) is 14.6 Å². The van der Waals surface area contributed by atoms with Gasteiger partial charge in [0, 0.05) is 29.3 Å². The quantitative estimate of drug-likeness (QED) is 0.555. The first-order valence-electron chi connectivity index (χ1n) is 11.3. The standard InChI is InChI=1S/C24H24F5N3O4/c1-11-17(14-6-7-15(25)18(26)19(14)35-13-4-3-5-13)20(36-23(11,2)24(27,28)29)22(34)32-12-8-9-31-16(10-12)21(30)33/h6-11,13,17,20H,3-5H2,1-2H3,(H2,30,33)(H,31,32,34)/t11-,17-,20+,23-/m1/s1. The van der Waals surface area contributed by atoms with Gasteiger partial charge in [-0.2, -0.15) is 17.6 Å². The first kappa shape index (κ1) is 25.8. The average Bonchev–Trinajstić information content (AvgIpc) is 3.05. The zero-order valence-electron chi connectivity index (χ0n) is 19.4. The third kappa shape index (κ3) is 4.49. The van der Waals surface area contributed by atoms with Crippen LogP contribution in [0.2, 0.25) is 0 Å². The molecule has 0 unspecified atom stereocenters. The number of ether oxygens (including phenoxy) is 2. The van der Waals surface area contributed by atoms with Crippen molar-refractivity contribution in [2.24, 2.45) is 11.7 Å². The van der Waals surface area contributed by atoms with Crippen molar-refractivity contribution >= 4 is 17.5 Å². The molecule has 4 atom stereocenters. The van der Waals surface area contributed by atoms with E-state index in [2.05, 4.69) is 10.3 Å². The SMILES string of the molecule is C[C@@H]1[C@H](c2ccc(F)c(F)c2OC2CCC2)[C@@H](C(=O)Nc2ccnc(C(N)=O)c2)O[C@@]1(C)C(F)(F)F. The number of benzene rings is 1. The minimum Gasteiger partial charge on any atom is -0.487 e. The number of nitrogens with one attached hydrogen (secondary N) is 1. The summed E-state index contributed by atoms with van der Waals surface area (Å²) in [5, 5.41) is 2.41. The maximum Gasteiger partial charge on any atom is 0.417 e. The highest BCUT2D eigenvalue weighted by Crippen LogP contribution is 2.55. The molecule has 194 valence electrons. The number of carbonyl (C=O) groups excluding carboxylic acids is 2. The molecule has 0 spiro atoms. The Bertz CT molecular complexity index is 1190. The van der Waals surface area contributed by atoms with Crippen molar-refractivity contribution in [3.05, 3.63) is 53.4 Å². The van der Waals surface area contributed by atoms with E-state index in [1.807, 2.05) is 0 Å². The Morgan fingerprint density at radius 2 is 1.92 bits per heavy atom. The second-order valence-corrected chi connectivity index (χ2v) is 9.19. The fourth-order valence-electron chi connectivity index (χ4n) is 4.46. The Balaban J connectivity index is 1.76. The van der Waals surface area contributed by atoms with E-state index >= 15 is 0 Å². The molecule has 2 aliphatic rings. The molecule has 1 saturated carbocycles. The molecule has 1 saturated heterocycles. The third-order valence-electron chi connectivity index (χ3n) is 6.98. The molecule has 2 amide bonds. The van der Waals surface area contributed by atoms with Gasteiger partial charge in [-0.1, -0.05) is 13.0 Å². The normalized spacial score (nSPS) is 26.4. The van der Waals surface area contributed by atoms with Crippen LogP contribution in [0.4, 0.5) is 27.6 Å². The second-order valence-electron chi connectivity index (χ2n) is 9.19. The molecule has 1 aliphatic heterocycles. The van der Waals surface area contributed by atoms with Crippen LogP contribution in [0.3, 0.4) is 0 Å². The van der Waals surface area contributed by atoms with Gasteiger partial charge in [0.15, 0.2) is 17.2 Å². The molecule has 2 aromatic rings. The molecular formula is C24H24F5N3O4. The van der Waals surface area contributed by atoms with E-state index < -0.39 is 65.0 Å². The number of aromatic nitrogens is 1. The maximum absolute atomic E-state index is 14.9. The van der Waals surface area contributed by atoms with Crippen molar-refractivity contribution in [2.45, 2.75) is 63.0 Å². The van der Waals surface area contributed by atoms with E-state index in [1.54, 1.807) is 0 Å². The van der Waals surface area contributed by atoms with Crippen LogP contribution in [0.15, 0.2) is 30.5 Å². The number of anilines is 1. The summed E-state index contributed by atoms with van der Waals surface area (Å²) in [7, 11) is 0. The third-order valence-corrected chi connectivity index (χ3v) is 6.98. The van der Waals surface area contributed by atoms with Crippen molar-refractivity contribution in [1.29, 1.82) is 0 Å². The van der Waals surface area contributed by atoms with Crippen molar-refractivity contribution in [3.8, 4) is 5.75 Å². The van der Waals surface area contributed by atoms with E-state index in [9.17, 15) is 31.5 Å². The fraction of sp³-hybridized carbons (Fsp3) is 0.458. The second kappa shape index (κ2) is 9.30. The maximum atomic E-state index is 14.9. The van der Waals surface area contributed by atoms with Gasteiger partial charge in [0.25, 0.3) is 11.8 Å². The number of primary amides is 1. The van der Waals surface area contributed by atoms with Crippen LogP contribution in [0.1, 0.15) is 55.1 Å². The highest BCUT2D eigenvalue weighted by atomic mass is 19.4. The molecule has 0 radical (unpaired) electrons. The number of pyridine rings is 1. The van der Waals surface area contributed by atoms with Gasteiger partial charge in [-0.15, -0.1) is 0 Å². The molecule has 3 N–H and O–H groups in total. The summed E-state index contributed by atoms with van der Waals surface area (Å²) in [6, 6.07) is 4.37. The molecule has 1 aliphatic carbocycles. The first-order chi connectivity index (χ1) is 16.8. The molecule has 2 fully saturated rings. The summed E-state index contributed by atoms with van der Waals surface area (Å²) in [4.78, 5) is 28.4. The van der Waals surface area contributed by atoms with Crippen molar-refractivity contribution in [2.75, 3.05) is 5.32 Å². The minimum absolute atomic E-state index is 0.0376. The lowest BCUT2D eigenvalue weighted by Crippen LogP contribution is -2.47. The number of halogens is 5. The summed E-state index contributed by atoms with van der Waals surface area (Å²) < 4.78 is 82.4. The molecule has 4 rings (SSSR count). The summed E-state index contributed by atoms with van der Waals surface area (Å²) >= 11 is 0. The van der Waals surface area contributed by atoms with Crippen molar-refractivity contribution < 1.29 is 41.0 Å². The highest BCUT2D eigenvalue weighted by molar-refractivity contribution is 5.97. The summed E-state index contributed by atoms with van der Waals surface area (Å²) in [6.07, 6.45) is -3.89. The van der Waals surface area contributed by atoms with Crippen LogP contribution in [0.5, 0.6) is 5.75 Å². The van der Waals surface area contributed by atoms with Crippen molar-refractivity contribution in [1.82, 2.24) is 4.98 Å². The Morgan fingerprint density at radius 1 is 1.22 bits per heavy atom. The molecular weight excluding hydrogens is 489 g/mol. The number of hydrogen-bond donors (Lipinski definition) is 2. The molecule has 1 aromatic heterocycles. The number of hydrogen-bond acceptors (Lipinski definition) is 5. The Hall–Kier alpha value is -3.28. The lowest BCUT2D eigenvalue weighted by molar-refractivity contribution is -0.272. The van der Waals surface area contributed by atoms with Gasteiger partial charge < -0.3 is 20.5 Å². The fourth-order valence-corrected chi connectivity index (χ4v) is 4.46. The van der Waals surface area contributed by atoms with Gasteiger partial charge in [0.2, 0.25) is 5.82 Å².